The van der Waals surface area contributed by atoms with Gasteiger partial charge in [0.2, 0.25) is 5.91 Å². The van der Waals surface area contributed by atoms with Crippen LogP contribution in [0.2, 0.25) is 15.1 Å². The van der Waals surface area contributed by atoms with Crippen molar-refractivity contribution in [1.82, 2.24) is 20.1 Å². The number of aromatic nitrogens is 3. The van der Waals surface area contributed by atoms with Crippen LogP contribution < -0.4 is 15.4 Å². The second kappa shape index (κ2) is 12.3. The third-order valence-corrected chi connectivity index (χ3v) is 6.77. The van der Waals surface area contributed by atoms with Gasteiger partial charge >= 0.3 is 0 Å². The molecule has 0 saturated heterocycles. The lowest BCUT2D eigenvalue weighted by Gasteiger charge is -2.12. The summed E-state index contributed by atoms with van der Waals surface area (Å²) in [6.45, 7) is 0.0515. The summed E-state index contributed by atoms with van der Waals surface area (Å²) in [6.07, 6.45) is 0. The summed E-state index contributed by atoms with van der Waals surface area (Å²) >= 11 is 19.5. The van der Waals surface area contributed by atoms with Gasteiger partial charge in [0.05, 0.1) is 35.7 Å². The Bertz CT molecular complexity index is 1430. The van der Waals surface area contributed by atoms with Gasteiger partial charge in [0.25, 0.3) is 5.91 Å². The summed E-state index contributed by atoms with van der Waals surface area (Å²) < 4.78 is 6.87. The maximum Gasteiger partial charge on any atom is 0.253 e. The molecule has 12 heteroatoms. The number of benzene rings is 3. The van der Waals surface area contributed by atoms with E-state index in [2.05, 4.69) is 20.8 Å². The third-order valence-electron chi connectivity index (χ3n) is 5.06. The second-order valence-electron chi connectivity index (χ2n) is 7.59. The molecule has 0 unspecified atom stereocenters. The van der Waals surface area contributed by atoms with Crippen LogP contribution in [0.1, 0.15) is 16.2 Å². The highest BCUT2D eigenvalue weighted by molar-refractivity contribution is 7.99. The van der Waals surface area contributed by atoms with Gasteiger partial charge in [-0.15, -0.1) is 10.2 Å². The quantitative estimate of drug-likeness (QED) is 0.241. The minimum absolute atomic E-state index is 0.0515. The summed E-state index contributed by atoms with van der Waals surface area (Å²) in [4.78, 5) is 25.3. The monoisotopic (exact) mass is 575 g/mol. The number of ether oxygens (including phenoxy) is 1. The molecule has 0 aliphatic rings. The Kier molecular flexibility index (Phi) is 8.94. The van der Waals surface area contributed by atoms with Gasteiger partial charge in [0.1, 0.15) is 5.75 Å². The summed E-state index contributed by atoms with van der Waals surface area (Å²) in [5, 5.41) is 15.8. The van der Waals surface area contributed by atoms with E-state index in [1.54, 1.807) is 66.3 Å². The van der Waals surface area contributed by atoms with E-state index in [-0.39, 0.29) is 28.8 Å². The van der Waals surface area contributed by atoms with Crippen LogP contribution in [0.5, 0.6) is 5.75 Å². The fourth-order valence-corrected chi connectivity index (χ4v) is 4.76. The van der Waals surface area contributed by atoms with E-state index in [1.807, 2.05) is 6.07 Å². The van der Waals surface area contributed by atoms with Gasteiger partial charge in [-0.3, -0.25) is 14.2 Å². The average molecular weight is 577 g/mol. The van der Waals surface area contributed by atoms with Crippen molar-refractivity contribution < 1.29 is 14.3 Å². The highest BCUT2D eigenvalue weighted by Crippen LogP contribution is 2.25. The number of hydrogen-bond donors (Lipinski definition) is 2. The van der Waals surface area contributed by atoms with Gasteiger partial charge in [0.15, 0.2) is 11.0 Å². The molecule has 8 nitrogen and oxygen atoms in total. The van der Waals surface area contributed by atoms with E-state index in [4.69, 9.17) is 39.5 Å². The third kappa shape index (κ3) is 6.95. The van der Waals surface area contributed by atoms with Gasteiger partial charge in [-0.25, -0.2) is 0 Å². The van der Waals surface area contributed by atoms with Crippen molar-refractivity contribution in [1.29, 1.82) is 0 Å². The highest BCUT2D eigenvalue weighted by atomic mass is 35.5. The maximum absolute atomic E-state index is 12.7. The predicted octanol–water partition coefficient (Wildman–Crippen LogP) is 5.90. The summed E-state index contributed by atoms with van der Waals surface area (Å²) in [6, 6.07) is 18.8. The number of halogens is 3. The van der Waals surface area contributed by atoms with Crippen molar-refractivity contribution >= 4 is 64.1 Å². The smallest absolute Gasteiger partial charge is 0.253 e. The van der Waals surface area contributed by atoms with Gasteiger partial charge in [0, 0.05) is 15.7 Å². The molecule has 0 aliphatic heterocycles. The molecule has 4 aromatic rings. The largest absolute Gasteiger partial charge is 0.497 e. The van der Waals surface area contributed by atoms with Crippen LogP contribution in [0.4, 0.5) is 5.69 Å². The standard InChI is InChI=1S/C25H20Cl3N5O3S/c1-36-19-8-6-17(7-9-19)30-23(34)14-37-25-32-31-22(33(25)18-4-2-3-15(26)11-18)13-29-24(35)20-10-5-16(27)12-21(20)28/h2-12H,13-14H2,1H3,(H,29,35)(H,30,34). The lowest BCUT2D eigenvalue weighted by atomic mass is 10.2. The van der Waals surface area contributed by atoms with E-state index in [1.165, 1.54) is 17.8 Å². The van der Waals surface area contributed by atoms with Crippen molar-refractivity contribution in [3.63, 3.8) is 0 Å². The van der Waals surface area contributed by atoms with Crippen LogP contribution in [0.15, 0.2) is 71.9 Å². The van der Waals surface area contributed by atoms with E-state index < -0.39 is 5.91 Å². The van der Waals surface area contributed by atoms with Gasteiger partial charge in [-0.1, -0.05) is 52.6 Å². The van der Waals surface area contributed by atoms with Crippen LogP contribution in [-0.4, -0.2) is 39.4 Å². The predicted molar refractivity (Wildman–Crippen MR) is 146 cm³/mol. The number of anilines is 1. The van der Waals surface area contributed by atoms with Crippen molar-refractivity contribution in [2.24, 2.45) is 0 Å². The number of rotatable bonds is 9. The first-order chi connectivity index (χ1) is 17.8. The van der Waals surface area contributed by atoms with Crippen LogP contribution in [0.25, 0.3) is 5.69 Å². The van der Waals surface area contributed by atoms with Crippen LogP contribution >= 0.6 is 46.6 Å². The molecular formula is C25H20Cl3N5O3S. The maximum atomic E-state index is 12.7. The van der Waals surface area contributed by atoms with Gasteiger partial charge in [-0.2, -0.15) is 0 Å². The fourth-order valence-electron chi connectivity index (χ4n) is 3.31. The van der Waals surface area contributed by atoms with E-state index >= 15 is 0 Å². The Morgan fingerprint density at radius 3 is 2.43 bits per heavy atom. The second-order valence-corrected chi connectivity index (χ2v) is 9.81. The minimum Gasteiger partial charge on any atom is -0.497 e. The molecule has 0 aliphatic carbocycles. The Morgan fingerprint density at radius 1 is 0.973 bits per heavy atom. The SMILES string of the molecule is COc1ccc(NC(=O)CSc2nnc(CNC(=O)c3ccc(Cl)cc3Cl)n2-c2cccc(Cl)c2)cc1. The molecule has 0 bridgehead atoms. The number of thioether (sulfide) groups is 1. The fraction of sp³-hybridized carbons (Fsp3) is 0.120. The van der Waals surface area contributed by atoms with Crippen molar-refractivity contribution in [3.8, 4) is 11.4 Å². The molecule has 0 atom stereocenters. The van der Waals surface area contributed by atoms with Crippen LogP contribution in [0, 0.1) is 0 Å². The van der Waals surface area contributed by atoms with Gasteiger partial charge < -0.3 is 15.4 Å². The molecule has 1 heterocycles. The topological polar surface area (TPSA) is 98.1 Å². The molecular weight excluding hydrogens is 557 g/mol. The van der Waals surface area contributed by atoms with Gasteiger partial charge in [-0.05, 0) is 60.7 Å². The molecule has 0 spiro atoms. The lowest BCUT2D eigenvalue weighted by molar-refractivity contribution is -0.113. The molecule has 1 aromatic heterocycles. The molecule has 0 saturated carbocycles. The molecule has 190 valence electrons. The molecule has 37 heavy (non-hydrogen) atoms. The molecule has 0 fully saturated rings. The van der Waals surface area contributed by atoms with Crippen molar-refractivity contribution in [2.45, 2.75) is 11.7 Å². The molecule has 2 N–H and O–H groups in total. The minimum atomic E-state index is -0.393. The zero-order chi connectivity index (χ0) is 26.4. The van der Waals surface area contributed by atoms with E-state index in [0.29, 0.717) is 38.2 Å². The van der Waals surface area contributed by atoms with Crippen molar-refractivity contribution in [3.05, 3.63) is 93.2 Å². The Labute approximate surface area is 232 Å². The molecule has 0 radical (unpaired) electrons. The number of amides is 2. The first-order valence-corrected chi connectivity index (χ1v) is 13.0. The first-order valence-electron chi connectivity index (χ1n) is 10.8. The summed E-state index contributed by atoms with van der Waals surface area (Å²) in [5.74, 6) is 0.606. The van der Waals surface area contributed by atoms with Crippen molar-refractivity contribution in [2.75, 3.05) is 18.2 Å². The normalized spacial score (nSPS) is 10.7. The Balaban J connectivity index is 1.50. The number of nitrogens with zero attached hydrogens (tertiary/aromatic N) is 3. The van der Waals surface area contributed by atoms with E-state index in [0.717, 1.165) is 0 Å². The number of carbonyl (C=O) groups is 2. The van der Waals surface area contributed by atoms with Crippen LogP contribution in [0.3, 0.4) is 0 Å². The Morgan fingerprint density at radius 2 is 1.73 bits per heavy atom. The molecule has 3 aromatic carbocycles. The number of methoxy groups -OCH3 is 1. The Hall–Kier alpha value is -3.24. The summed E-state index contributed by atoms with van der Waals surface area (Å²) in [5.41, 5.74) is 1.61. The average Bonchev–Trinajstić information content (AvgIpc) is 3.29. The number of nitrogens with one attached hydrogen (secondary N) is 2. The number of carbonyl (C=O) groups excluding carboxylic acids is 2. The first kappa shape index (κ1) is 26.8. The lowest BCUT2D eigenvalue weighted by Crippen LogP contribution is -2.25. The summed E-state index contributed by atoms with van der Waals surface area (Å²) in [7, 11) is 1.58. The molecule has 2 amide bonds. The van der Waals surface area contributed by atoms with E-state index in [9.17, 15) is 9.59 Å². The zero-order valence-corrected chi connectivity index (χ0v) is 22.5. The highest BCUT2D eigenvalue weighted by Gasteiger charge is 2.18. The number of hydrogen-bond acceptors (Lipinski definition) is 6. The van der Waals surface area contributed by atoms with Crippen LogP contribution in [-0.2, 0) is 11.3 Å². The zero-order valence-electron chi connectivity index (χ0n) is 19.4. The molecule has 4 rings (SSSR count).